The molecule has 38 heavy (non-hydrogen) atoms. The number of fused-ring (bicyclic) bond motifs is 8. The lowest BCUT2D eigenvalue weighted by atomic mass is 9.95. The minimum Gasteiger partial charge on any atom is -0.349 e. The number of nitrogens with zero attached hydrogens (tertiary/aromatic N) is 3. The average Bonchev–Trinajstić information content (AvgIpc) is 3.40. The van der Waals surface area contributed by atoms with Gasteiger partial charge in [-0.3, -0.25) is 14.5 Å². The molecule has 1 saturated carbocycles. The van der Waals surface area contributed by atoms with Crippen LogP contribution in [-0.2, 0) is 24.2 Å². The maximum Gasteiger partial charge on any atom is 0.251 e. The number of benzene rings is 2. The number of aromatic nitrogens is 2. The molecule has 6 nitrogen and oxygen atoms in total. The Bertz CT molecular complexity index is 1330. The van der Waals surface area contributed by atoms with Crippen LogP contribution in [0.1, 0.15) is 84.2 Å². The summed E-state index contributed by atoms with van der Waals surface area (Å²) in [4.78, 5) is 38.4. The summed E-state index contributed by atoms with van der Waals surface area (Å²) in [5.74, 6) is 1.05. The van der Waals surface area contributed by atoms with Crippen LogP contribution in [0.4, 0.5) is 0 Å². The Morgan fingerprint density at radius 3 is 2.66 bits per heavy atom. The summed E-state index contributed by atoms with van der Waals surface area (Å²) in [6.45, 7) is 1.58. The predicted octanol–water partition coefficient (Wildman–Crippen LogP) is 5.28. The van der Waals surface area contributed by atoms with E-state index in [1.807, 2.05) is 30.5 Å². The van der Waals surface area contributed by atoms with Gasteiger partial charge in [0.25, 0.3) is 5.91 Å². The number of nitrogens with one attached hydrogen (secondary N) is 1. The molecule has 2 aromatic carbocycles. The smallest absolute Gasteiger partial charge is 0.251 e. The number of carbonyl (C=O) groups is 2. The first-order chi connectivity index (χ1) is 18.6. The van der Waals surface area contributed by atoms with Gasteiger partial charge in [0.15, 0.2) is 0 Å². The van der Waals surface area contributed by atoms with Crippen LogP contribution in [0.3, 0.4) is 0 Å². The number of hydrogen-bond donors (Lipinski definition) is 1. The molecule has 0 radical (unpaired) electrons. The Balaban J connectivity index is 1.37. The van der Waals surface area contributed by atoms with E-state index in [1.54, 1.807) is 0 Å². The summed E-state index contributed by atoms with van der Waals surface area (Å²) >= 11 is 0. The highest BCUT2D eigenvalue weighted by molar-refractivity contribution is 5.94. The number of aryl methyl sites for hydroxylation is 1. The van der Waals surface area contributed by atoms with Crippen molar-refractivity contribution in [2.75, 3.05) is 6.54 Å². The van der Waals surface area contributed by atoms with Crippen molar-refractivity contribution in [1.82, 2.24) is 20.2 Å². The van der Waals surface area contributed by atoms with Crippen molar-refractivity contribution in [2.24, 2.45) is 0 Å². The highest BCUT2D eigenvalue weighted by atomic mass is 16.1. The van der Waals surface area contributed by atoms with Crippen LogP contribution < -0.4 is 5.32 Å². The SMILES string of the molecule is O=C(NC1CCCCC1)c1cc2cc(c1)CN1CCC[C@@H]1C(=O)CCc1cccc(c1)-c1ccnc(n1)C2. The molecular formula is C32H36N4O2. The highest BCUT2D eigenvalue weighted by Gasteiger charge is 2.30. The third-order valence-electron chi connectivity index (χ3n) is 8.33. The molecule has 196 valence electrons. The van der Waals surface area contributed by atoms with Gasteiger partial charge in [0.1, 0.15) is 11.6 Å². The van der Waals surface area contributed by atoms with E-state index in [-0.39, 0.29) is 18.0 Å². The summed E-state index contributed by atoms with van der Waals surface area (Å²) in [5.41, 5.74) is 5.86. The summed E-state index contributed by atoms with van der Waals surface area (Å²) in [7, 11) is 0. The van der Waals surface area contributed by atoms with Gasteiger partial charge < -0.3 is 5.32 Å². The van der Waals surface area contributed by atoms with Gasteiger partial charge in [-0.2, -0.15) is 0 Å². The zero-order chi connectivity index (χ0) is 25.9. The number of ketones is 1. The van der Waals surface area contributed by atoms with Crippen molar-refractivity contribution >= 4 is 11.7 Å². The lowest BCUT2D eigenvalue weighted by Crippen LogP contribution is -2.37. The number of carbonyl (C=O) groups excluding carboxylic acids is 2. The van der Waals surface area contributed by atoms with E-state index in [0.29, 0.717) is 30.7 Å². The molecule has 1 amide bonds. The fraction of sp³-hybridized carbons (Fsp3) is 0.438. The third kappa shape index (κ3) is 5.70. The Hall–Kier alpha value is -3.38. The largest absolute Gasteiger partial charge is 0.349 e. The zero-order valence-corrected chi connectivity index (χ0v) is 22.0. The van der Waals surface area contributed by atoms with E-state index in [9.17, 15) is 9.59 Å². The molecule has 3 heterocycles. The highest BCUT2D eigenvalue weighted by Crippen LogP contribution is 2.26. The molecule has 1 saturated heterocycles. The minimum atomic E-state index is -0.0506. The van der Waals surface area contributed by atoms with E-state index in [1.165, 1.54) is 19.3 Å². The van der Waals surface area contributed by atoms with Gasteiger partial charge >= 0.3 is 0 Å². The molecule has 3 aliphatic rings. The molecule has 2 fully saturated rings. The standard InChI is InChI=1S/C32H36N4O2/c37-30-12-11-22-6-4-7-25(17-22)28-13-14-33-31(35-28)20-23-16-24(21-36-15-5-10-29(30)36)19-26(18-23)32(38)34-27-8-2-1-3-9-27/h4,6-7,13-14,16-19,27,29H,1-3,5,8-12,15,20-21H2,(H,34,38)/t29-/m1/s1. The summed E-state index contributed by atoms with van der Waals surface area (Å²) in [6.07, 6.45) is 11.3. The van der Waals surface area contributed by atoms with Crippen LogP contribution in [0.15, 0.2) is 54.7 Å². The predicted molar refractivity (Wildman–Crippen MR) is 148 cm³/mol. The lowest BCUT2D eigenvalue weighted by molar-refractivity contribution is -0.123. The average molecular weight is 509 g/mol. The van der Waals surface area contributed by atoms with Crippen molar-refractivity contribution < 1.29 is 9.59 Å². The van der Waals surface area contributed by atoms with Crippen molar-refractivity contribution in [1.29, 1.82) is 0 Å². The molecule has 2 aliphatic heterocycles. The van der Waals surface area contributed by atoms with Gasteiger partial charge in [-0.05, 0) is 79.6 Å². The fourth-order valence-electron chi connectivity index (χ4n) is 6.37. The van der Waals surface area contributed by atoms with Gasteiger partial charge in [0.2, 0.25) is 0 Å². The Morgan fingerprint density at radius 1 is 0.895 bits per heavy atom. The number of amides is 1. The van der Waals surface area contributed by atoms with E-state index in [4.69, 9.17) is 4.98 Å². The van der Waals surface area contributed by atoms with Crippen molar-refractivity contribution in [2.45, 2.75) is 82.8 Å². The molecule has 0 unspecified atom stereocenters. The van der Waals surface area contributed by atoms with Crippen molar-refractivity contribution in [3.63, 3.8) is 0 Å². The van der Waals surface area contributed by atoms with Gasteiger partial charge in [0, 0.05) is 42.8 Å². The molecule has 0 spiro atoms. The number of Topliss-reactive ketones (excluding diaryl/α,β-unsaturated/α-hetero) is 1. The van der Waals surface area contributed by atoms with Crippen LogP contribution >= 0.6 is 0 Å². The van der Waals surface area contributed by atoms with Gasteiger partial charge in [-0.25, -0.2) is 9.97 Å². The van der Waals surface area contributed by atoms with Crippen LogP contribution in [0.2, 0.25) is 0 Å². The molecule has 1 N–H and O–H groups in total. The molecule has 6 rings (SSSR count). The summed E-state index contributed by atoms with van der Waals surface area (Å²) in [6, 6.07) is 16.7. The maximum absolute atomic E-state index is 13.4. The molecule has 1 atom stereocenters. The first-order valence-corrected chi connectivity index (χ1v) is 14.2. The molecule has 1 aliphatic carbocycles. The monoisotopic (exact) mass is 508 g/mol. The minimum absolute atomic E-state index is 0.00469. The normalized spacial score (nSPS) is 20.6. The van der Waals surface area contributed by atoms with Crippen LogP contribution in [0, 0.1) is 0 Å². The Kier molecular flexibility index (Phi) is 7.32. The Labute approximate surface area is 224 Å². The number of rotatable bonds is 2. The summed E-state index contributed by atoms with van der Waals surface area (Å²) in [5, 5.41) is 3.28. The maximum atomic E-state index is 13.4. The topological polar surface area (TPSA) is 75.2 Å². The van der Waals surface area contributed by atoms with Gasteiger partial charge in [0.05, 0.1) is 11.7 Å². The molecule has 3 aromatic rings. The van der Waals surface area contributed by atoms with E-state index in [0.717, 1.165) is 72.4 Å². The first-order valence-electron chi connectivity index (χ1n) is 14.2. The van der Waals surface area contributed by atoms with Crippen molar-refractivity contribution in [3.8, 4) is 11.3 Å². The molecular weight excluding hydrogens is 472 g/mol. The fourth-order valence-corrected chi connectivity index (χ4v) is 6.37. The second kappa shape index (κ2) is 11.2. The first kappa shape index (κ1) is 24.9. The second-order valence-corrected chi connectivity index (χ2v) is 11.2. The van der Waals surface area contributed by atoms with Crippen LogP contribution in [0.5, 0.6) is 0 Å². The summed E-state index contributed by atoms with van der Waals surface area (Å²) < 4.78 is 0. The quantitative estimate of drug-likeness (QED) is 0.510. The van der Waals surface area contributed by atoms with Crippen LogP contribution in [0.25, 0.3) is 11.3 Å². The van der Waals surface area contributed by atoms with Crippen molar-refractivity contribution in [3.05, 3.63) is 82.8 Å². The van der Waals surface area contributed by atoms with E-state index in [2.05, 4.69) is 39.5 Å². The third-order valence-corrected chi connectivity index (χ3v) is 8.33. The molecule has 6 heteroatoms. The molecule has 1 aromatic heterocycles. The van der Waals surface area contributed by atoms with Gasteiger partial charge in [-0.1, -0.05) is 43.5 Å². The Morgan fingerprint density at radius 2 is 1.76 bits per heavy atom. The number of hydrogen-bond acceptors (Lipinski definition) is 5. The lowest BCUT2D eigenvalue weighted by Gasteiger charge is -2.25. The van der Waals surface area contributed by atoms with Gasteiger partial charge in [-0.15, -0.1) is 0 Å². The van der Waals surface area contributed by atoms with Crippen LogP contribution in [-0.4, -0.2) is 45.2 Å². The second-order valence-electron chi connectivity index (χ2n) is 11.2. The zero-order valence-electron chi connectivity index (χ0n) is 22.0. The van der Waals surface area contributed by atoms with E-state index >= 15 is 0 Å². The molecule has 6 bridgehead atoms. The van der Waals surface area contributed by atoms with E-state index < -0.39 is 0 Å².